The summed E-state index contributed by atoms with van der Waals surface area (Å²) < 4.78 is 40.5. The molecule has 0 bridgehead atoms. The molecule has 1 N–H and O–H groups in total. The average molecular weight is 330 g/mol. The highest BCUT2D eigenvalue weighted by Crippen LogP contribution is 2.25. The number of thioether (sulfide) groups is 1. The third-order valence-corrected chi connectivity index (χ3v) is 6.70. The van der Waals surface area contributed by atoms with Crippen molar-refractivity contribution in [2.24, 2.45) is 0 Å². The van der Waals surface area contributed by atoms with E-state index in [1.807, 2.05) is 0 Å². The molecule has 1 aliphatic heterocycles. The highest BCUT2D eigenvalue weighted by Gasteiger charge is 2.29. The summed E-state index contributed by atoms with van der Waals surface area (Å²) in [7, 11) is -3.60. The van der Waals surface area contributed by atoms with E-state index in [0.717, 1.165) is 30.4 Å². The predicted molar refractivity (Wildman–Crippen MR) is 82.3 cm³/mol. The second-order valence-electron chi connectivity index (χ2n) is 5.42. The third kappa shape index (κ3) is 3.59. The summed E-state index contributed by atoms with van der Waals surface area (Å²) in [6.45, 7) is 1.47. The average Bonchev–Trinajstić information content (AvgIpc) is 3.31. The van der Waals surface area contributed by atoms with Gasteiger partial charge in [0.05, 0.1) is 4.90 Å². The van der Waals surface area contributed by atoms with Crippen molar-refractivity contribution in [2.75, 3.05) is 24.6 Å². The summed E-state index contributed by atoms with van der Waals surface area (Å²) in [5, 5.41) is 3.30. The number of hydrogen-bond acceptors (Lipinski definition) is 4. The molecule has 1 aromatic rings. The molecular weight excluding hydrogens is 311 g/mol. The van der Waals surface area contributed by atoms with E-state index in [9.17, 15) is 12.8 Å². The Morgan fingerprint density at radius 3 is 2.67 bits per heavy atom. The van der Waals surface area contributed by atoms with Gasteiger partial charge in [0.1, 0.15) is 5.82 Å². The quantitative estimate of drug-likeness (QED) is 0.895. The van der Waals surface area contributed by atoms with Crippen molar-refractivity contribution in [1.29, 1.82) is 0 Å². The number of nitrogens with one attached hydrogen (secondary N) is 1. The second-order valence-corrected chi connectivity index (χ2v) is 8.55. The minimum Gasteiger partial charge on any atom is -0.310 e. The normalized spacial score (nSPS) is 20.6. The minimum atomic E-state index is -3.60. The van der Waals surface area contributed by atoms with Gasteiger partial charge in [0.25, 0.3) is 0 Å². The molecule has 2 fully saturated rings. The van der Waals surface area contributed by atoms with Gasteiger partial charge < -0.3 is 5.32 Å². The molecule has 116 valence electrons. The van der Waals surface area contributed by atoms with Crippen molar-refractivity contribution in [3.8, 4) is 0 Å². The van der Waals surface area contributed by atoms with Crippen molar-refractivity contribution < 1.29 is 12.8 Å². The van der Waals surface area contributed by atoms with E-state index in [4.69, 9.17) is 0 Å². The maximum atomic E-state index is 13.5. The number of rotatable bonds is 5. The zero-order chi connectivity index (χ0) is 14.9. The minimum absolute atomic E-state index is 0.113. The lowest BCUT2D eigenvalue weighted by Crippen LogP contribution is -2.38. The zero-order valence-electron chi connectivity index (χ0n) is 11.7. The molecule has 0 spiro atoms. The summed E-state index contributed by atoms with van der Waals surface area (Å²) in [6, 6.07) is 4.55. The van der Waals surface area contributed by atoms with Crippen molar-refractivity contribution in [3.63, 3.8) is 0 Å². The van der Waals surface area contributed by atoms with E-state index in [1.165, 1.54) is 10.4 Å². The first kappa shape index (κ1) is 15.3. The van der Waals surface area contributed by atoms with Crippen LogP contribution in [0.1, 0.15) is 18.4 Å². The molecule has 1 aliphatic carbocycles. The van der Waals surface area contributed by atoms with Crippen molar-refractivity contribution in [2.45, 2.75) is 30.3 Å². The fraction of sp³-hybridized carbons (Fsp3) is 0.571. The van der Waals surface area contributed by atoms with Gasteiger partial charge in [-0.2, -0.15) is 16.1 Å². The van der Waals surface area contributed by atoms with Gasteiger partial charge in [0, 0.05) is 37.2 Å². The molecule has 1 aromatic carbocycles. The largest absolute Gasteiger partial charge is 0.310 e. The zero-order valence-corrected chi connectivity index (χ0v) is 13.4. The SMILES string of the molecule is O=S(=O)(c1cc(F)ccc1CNC1CC1)N1CCSCC1. The van der Waals surface area contributed by atoms with Crippen LogP contribution >= 0.6 is 11.8 Å². The first-order chi connectivity index (χ1) is 10.1. The Hall–Kier alpha value is -0.630. The monoisotopic (exact) mass is 330 g/mol. The summed E-state index contributed by atoms with van der Waals surface area (Å²) in [4.78, 5) is 0.113. The van der Waals surface area contributed by atoms with Crippen LogP contribution in [0.5, 0.6) is 0 Å². The van der Waals surface area contributed by atoms with Crippen LogP contribution in [0.15, 0.2) is 23.1 Å². The molecule has 0 amide bonds. The molecule has 1 saturated carbocycles. The van der Waals surface area contributed by atoms with Crippen LogP contribution in [0.3, 0.4) is 0 Å². The fourth-order valence-electron chi connectivity index (χ4n) is 2.38. The van der Waals surface area contributed by atoms with Crippen LogP contribution in [0, 0.1) is 5.82 Å². The maximum Gasteiger partial charge on any atom is 0.243 e. The predicted octanol–water partition coefficient (Wildman–Crippen LogP) is 1.82. The molecule has 7 heteroatoms. The van der Waals surface area contributed by atoms with E-state index < -0.39 is 15.8 Å². The van der Waals surface area contributed by atoms with Gasteiger partial charge in [-0.1, -0.05) is 6.07 Å². The van der Waals surface area contributed by atoms with E-state index in [2.05, 4.69) is 5.32 Å². The Kier molecular flexibility index (Phi) is 4.54. The Morgan fingerprint density at radius 1 is 1.29 bits per heavy atom. The van der Waals surface area contributed by atoms with Crippen molar-refractivity contribution in [1.82, 2.24) is 9.62 Å². The summed E-state index contributed by atoms with van der Waals surface area (Å²) in [5.74, 6) is 1.09. The lowest BCUT2D eigenvalue weighted by atomic mass is 10.2. The maximum absolute atomic E-state index is 13.5. The molecule has 21 heavy (non-hydrogen) atoms. The second kappa shape index (κ2) is 6.24. The van der Waals surface area contributed by atoms with E-state index in [0.29, 0.717) is 31.2 Å². The highest BCUT2D eigenvalue weighted by atomic mass is 32.2. The molecule has 0 unspecified atom stereocenters. The van der Waals surface area contributed by atoms with Gasteiger partial charge in [-0.05, 0) is 30.5 Å². The lowest BCUT2D eigenvalue weighted by Gasteiger charge is -2.26. The molecular formula is C14H19FN2O2S2. The molecule has 1 heterocycles. The van der Waals surface area contributed by atoms with Crippen LogP contribution < -0.4 is 5.32 Å². The van der Waals surface area contributed by atoms with E-state index in [-0.39, 0.29) is 4.90 Å². The van der Waals surface area contributed by atoms with Crippen LogP contribution in [0.25, 0.3) is 0 Å². The number of sulfonamides is 1. The van der Waals surface area contributed by atoms with Crippen molar-refractivity contribution >= 4 is 21.8 Å². The standard InChI is InChI=1S/C14H19FN2O2S2/c15-12-2-1-11(10-16-13-3-4-13)14(9-12)21(18,19)17-5-7-20-8-6-17/h1-2,9,13,16H,3-8,10H2. The first-order valence-corrected chi connectivity index (χ1v) is 9.76. The van der Waals surface area contributed by atoms with Gasteiger partial charge in [-0.15, -0.1) is 0 Å². The number of halogens is 1. The first-order valence-electron chi connectivity index (χ1n) is 7.17. The highest BCUT2D eigenvalue weighted by molar-refractivity contribution is 7.99. The van der Waals surface area contributed by atoms with Crippen LogP contribution in [0.2, 0.25) is 0 Å². The Balaban J connectivity index is 1.88. The third-order valence-electron chi connectivity index (χ3n) is 3.78. The molecule has 3 rings (SSSR count). The van der Waals surface area contributed by atoms with E-state index >= 15 is 0 Å². The van der Waals surface area contributed by atoms with Crippen LogP contribution in [-0.2, 0) is 16.6 Å². The van der Waals surface area contributed by atoms with Crippen LogP contribution in [-0.4, -0.2) is 43.4 Å². The fourth-order valence-corrected chi connectivity index (χ4v) is 5.19. The Morgan fingerprint density at radius 2 is 2.00 bits per heavy atom. The molecule has 0 radical (unpaired) electrons. The summed E-state index contributed by atoms with van der Waals surface area (Å²) in [5.41, 5.74) is 0.654. The summed E-state index contributed by atoms with van der Waals surface area (Å²) >= 11 is 1.75. The molecule has 0 aromatic heterocycles. The molecule has 0 atom stereocenters. The smallest absolute Gasteiger partial charge is 0.243 e. The van der Waals surface area contributed by atoms with Gasteiger partial charge in [-0.25, -0.2) is 12.8 Å². The lowest BCUT2D eigenvalue weighted by molar-refractivity contribution is 0.442. The molecule has 4 nitrogen and oxygen atoms in total. The number of hydrogen-bond donors (Lipinski definition) is 1. The van der Waals surface area contributed by atoms with Gasteiger partial charge >= 0.3 is 0 Å². The Bertz CT molecular complexity index is 611. The van der Waals surface area contributed by atoms with Gasteiger partial charge in [-0.3, -0.25) is 0 Å². The Labute approximate surface area is 129 Å². The molecule has 2 aliphatic rings. The summed E-state index contributed by atoms with van der Waals surface area (Å²) in [6.07, 6.45) is 2.26. The van der Waals surface area contributed by atoms with Gasteiger partial charge in [0.15, 0.2) is 0 Å². The number of benzene rings is 1. The van der Waals surface area contributed by atoms with Gasteiger partial charge in [0.2, 0.25) is 10.0 Å². The van der Waals surface area contributed by atoms with Crippen LogP contribution in [0.4, 0.5) is 4.39 Å². The van der Waals surface area contributed by atoms with E-state index in [1.54, 1.807) is 17.8 Å². The topological polar surface area (TPSA) is 49.4 Å². The number of nitrogens with zero attached hydrogens (tertiary/aromatic N) is 1. The van der Waals surface area contributed by atoms with Crippen molar-refractivity contribution in [3.05, 3.63) is 29.6 Å². The molecule has 1 saturated heterocycles.